The van der Waals surface area contributed by atoms with Crippen LogP contribution in [0.25, 0.3) is 23.1 Å². The molecule has 0 bridgehead atoms. The zero-order chi connectivity index (χ0) is 26.6. The molecular weight excluding hydrogens is 480 g/mol. The van der Waals surface area contributed by atoms with Crippen molar-refractivity contribution < 1.29 is 0 Å². The largest absolute Gasteiger partial charge is 0.361 e. The summed E-state index contributed by atoms with van der Waals surface area (Å²) in [5.74, 6) is 0. The first-order chi connectivity index (χ1) is 19.2. The Morgan fingerprint density at radius 3 is 2.56 bits per heavy atom. The molecule has 2 saturated heterocycles. The number of aromatic nitrogens is 2. The Kier molecular flexibility index (Phi) is 7.44. The molecule has 6 nitrogen and oxygen atoms in total. The predicted octanol–water partition coefficient (Wildman–Crippen LogP) is 6.72. The van der Waals surface area contributed by atoms with E-state index in [-0.39, 0.29) is 0 Å². The standard InChI is InChI=1S/C33H36N6/c1-24-30-12-15-36-32(30)11-10-31(24)37-33-27(21-35-22-28(33)20-34)9-8-25-4-6-26(7-5-25)23-38-18-13-29(14-19-38)39-16-2-3-17-39/h4-12,15,21-22,29,36H,2-3,13-14,16-19,23H2,1H3,(H,35,37)/b9-8+. The van der Waals surface area contributed by atoms with E-state index in [0.717, 1.165) is 46.2 Å². The summed E-state index contributed by atoms with van der Waals surface area (Å²) in [5.41, 5.74) is 7.89. The molecule has 2 aromatic heterocycles. The molecule has 0 unspecified atom stereocenters. The number of aromatic amines is 1. The Labute approximate surface area is 231 Å². The van der Waals surface area contributed by atoms with Gasteiger partial charge in [0.05, 0.1) is 11.3 Å². The summed E-state index contributed by atoms with van der Waals surface area (Å²) in [6.45, 7) is 8.10. The van der Waals surface area contributed by atoms with E-state index < -0.39 is 0 Å². The molecule has 0 amide bonds. The van der Waals surface area contributed by atoms with Crippen LogP contribution in [0.1, 0.15) is 53.5 Å². The van der Waals surface area contributed by atoms with Crippen molar-refractivity contribution in [3.05, 3.63) is 88.9 Å². The minimum absolute atomic E-state index is 0.523. The van der Waals surface area contributed by atoms with E-state index in [4.69, 9.17) is 0 Å². The van der Waals surface area contributed by atoms with Crippen LogP contribution < -0.4 is 5.32 Å². The second-order valence-electron chi connectivity index (χ2n) is 10.9. The molecule has 0 atom stereocenters. The molecule has 2 N–H and O–H groups in total. The number of fused-ring (bicyclic) bond motifs is 1. The number of piperidine rings is 1. The van der Waals surface area contributed by atoms with Gasteiger partial charge in [0.25, 0.3) is 0 Å². The summed E-state index contributed by atoms with van der Waals surface area (Å²) in [4.78, 5) is 12.9. The molecule has 0 saturated carbocycles. The fraction of sp³-hybridized carbons (Fsp3) is 0.333. The highest BCUT2D eigenvalue weighted by Gasteiger charge is 2.26. The normalized spacial score (nSPS) is 17.2. The van der Waals surface area contributed by atoms with Gasteiger partial charge in [0.15, 0.2) is 0 Å². The van der Waals surface area contributed by atoms with Gasteiger partial charge in [-0.15, -0.1) is 0 Å². The molecule has 4 heterocycles. The molecule has 2 aliphatic rings. The smallest absolute Gasteiger partial charge is 0.103 e. The fourth-order valence-corrected chi connectivity index (χ4v) is 6.11. The Hall–Kier alpha value is -3.92. The maximum absolute atomic E-state index is 9.78. The molecular formula is C33H36N6. The van der Waals surface area contributed by atoms with Crippen LogP contribution >= 0.6 is 0 Å². The van der Waals surface area contributed by atoms with Gasteiger partial charge in [-0.25, -0.2) is 0 Å². The maximum Gasteiger partial charge on any atom is 0.103 e. The number of likely N-dealkylation sites (tertiary alicyclic amines) is 2. The number of rotatable bonds is 7. The van der Waals surface area contributed by atoms with Crippen molar-refractivity contribution in [1.29, 1.82) is 5.26 Å². The molecule has 198 valence electrons. The zero-order valence-electron chi connectivity index (χ0n) is 22.7. The Balaban J connectivity index is 1.13. The van der Waals surface area contributed by atoms with Crippen LogP contribution in [0.15, 0.2) is 61.1 Å². The Morgan fingerprint density at radius 2 is 1.79 bits per heavy atom. The van der Waals surface area contributed by atoms with E-state index in [2.05, 4.69) is 86.6 Å². The quantitative estimate of drug-likeness (QED) is 0.285. The number of nitrogens with zero attached hydrogens (tertiary/aromatic N) is 4. The lowest BCUT2D eigenvalue weighted by atomic mass is 10.0. The van der Waals surface area contributed by atoms with Gasteiger partial charge in [-0.05, 0) is 93.7 Å². The topological polar surface area (TPSA) is 71.0 Å². The van der Waals surface area contributed by atoms with Crippen LogP contribution in [0.3, 0.4) is 0 Å². The lowest BCUT2D eigenvalue weighted by molar-refractivity contribution is 0.122. The first-order valence-corrected chi connectivity index (χ1v) is 14.1. The van der Waals surface area contributed by atoms with Gasteiger partial charge in [-0.2, -0.15) is 5.26 Å². The summed E-state index contributed by atoms with van der Waals surface area (Å²) >= 11 is 0. The van der Waals surface area contributed by atoms with Gasteiger partial charge < -0.3 is 15.2 Å². The highest BCUT2D eigenvalue weighted by Crippen LogP contribution is 2.31. The maximum atomic E-state index is 9.78. The molecule has 39 heavy (non-hydrogen) atoms. The van der Waals surface area contributed by atoms with Crippen molar-refractivity contribution >= 4 is 34.4 Å². The number of nitrogens with one attached hydrogen (secondary N) is 2. The molecule has 6 heteroatoms. The molecule has 2 fully saturated rings. The van der Waals surface area contributed by atoms with Gasteiger partial charge in [0.1, 0.15) is 6.07 Å². The summed E-state index contributed by atoms with van der Waals surface area (Å²) in [5, 5.41) is 14.5. The second kappa shape index (κ2) is 11.4. The van der Waals surface area contributed by atoms with Crippen molar-refractivity contribution in [2.24, 2.45) is 0 Å². The van der Waals surface area contributed by atoms with Crippen LogP contribution in [0.4, 0.5) is 11.4 Å². The number of nitriles is 1. The van der Waals surface area contributed by atoms with Crippen LogP contribution in [-0.2, 0) is 6.54 Å². The van der Waals surface area contributed by atoms with E-state index in [0.29, 0.717) is 5.56 Å². The molecule has 0 spiro atoms. The minimum atomic E-state index is 0.523. The zero-order valence-corrected chi connectivity index (χ0v) is 22.7. The third-order valence-electron chi connectivity index (χ3n) is 8.41. The van der Waals surface area contributed by atoms with Gasteiger partial charge in [0, 0.05) is 53.3 Å². The highest BCUT2D eigenvalue weighted by molar-refractivity contribution is 5.90. The van der Waals surface area contributed by atoms with Crippen molar-refractivity contribution in [1.82, 2.24) is 19.8 Å². The molecule has 2 aromatic carbocycles. The number of anilines is 2. The van der Waals surface area contributed by atoms with E-state index >= 15 is 0 Å². The van der Waals surface area contributed by atoms with Crippen LogP contribution in [-0.4, -0.2) is 52.0 Å². The Morgan fingerprint density at radius 1 is 1.00 bits per heavy atom. The second-order valence-corrected chi connectivity index (χ2v) is 10.9. The average molecular weight is 517 g/mol. The monoisotopic (exact) mass is 516 g/mol. The summed E-state index contributed by atoms with van der Waals surface area (Å²) in [6, 6.07) is 18.1. The van der Waals surface area contributed by atoms with E-state index in [9.17, 15) is 5.26 Å². The summed E-state index contributed by atoms with van der Waals surface area (Å²) in [6.07, 6.45) is 14.9. The number of aryl methyl sites for hydroxylation is 1. The van der Waals surface area contributed by atoms with Crippen molar-refractivity contribution in [3.63, 3.8) is 0 Å². The van der Waals surface area contributed by atoms with Crippen molar-refractivity contribution in [3.8, 4) is 6.07 Å². The lowest BCUT2D eigenvalue weighted by Gasteiger charge is -2.36. The summed E-state index contributed by atoms with van der Waals surface area (Å²) < 4.78 is 0. The average Bonchev–Trinajstić information content (AvgIpc) is 3.68. The number of H-pyrrole nitrogens is 1. The van der Waals surface area contributed by atoms with Gasteiger partial charge >= 0.3 is 0 Å². The van der Waals surface area contributed by atoms with Crippen LogP contribution in [0.5, 0.6) is 0 Å². The van der Waals surface area contributed by atoms with Crippen LogP contribution in [0.2, 0.25) is 0 Å². The van der Waals surface area contributed by atoms with Crippen LogP contribution in [0, 0.1) is 18.3 Å². The third-order valence-corrected chi connectivity index (χ3v) is 8.41. The molecule has 0 aliphatic carbocycles. The number of benzene rings is 2. The van der Waals surface area contributed by atoms with Crippen molar-refractivity contribution in [2.45, 2.75) is 45.2 Å². The van der Waals surface area contributed by atoms with Gasteiger partial charge in [-0.1, -0.05) is 36.4 Å². The molecule has 0 radical (unpaired) electrons. The first-order valence-electron chi connectivity index (χ1n) is 14.1. The van der Waals surface area contributed by atoms with E-state index in [1.54, 1.807) is 6.20 Å². The number of hydrogen-bond donors (Lipinski definition) is 2. The highest BCUT2D eigenvalue weighted by atomic mass is 15.2. The van der Waals surface area contributed by atoms with E-state index in [1.807, 2.05) is 18.5 Å². The summed E-state index contributed by atoms with van der Waals surface area (Å²) in [7, 11) is 0. The SMILES string of the molecule is Cc1c(Nc2c(C#N)cncc2/C=C/c2ccc(CN3CCC(N4CCCC4)CC3)cc2)ccc2[nH]ccc12. The van der Waals surface area contributed by atoms with E-state index in [1.165, 1.54) is 62.8 Å². The molecule has 4 aromatic rings. The van der Waals surface area contributed by atoms with Crippen molar-refractivity contribution in [2.75, 3.05) is 31.5 Å². The third kappa shape index (κ3) is 5.61. The molecule has 2 aliphatic heterocycles. The van der Waals surface area contributed by atoms with Gasteiger partial charge in [-0.3, -0.25) is 9.88 Å². The Bertz CT molecular complexity index is 1500. The lowest BCUT2D eigenvalue weighted by Crippen LogP contribution is -2.43. The minimum Gasteiger partial charge on any atom is -0.361 e. The number of hydrogen-bond acceptors (Lipinski definition) is 5. The van der Waals surface area contributed by atoms with Gasteiger partial charge in [0.2, 0.25) is 0 Å². The first kappa shape index (κ1) is 25.4. The fourth-order valence-electron chi connectivity index (χ4n) is 6.11. The molecule has 6 rings (SSSR count). The predicted molar refractivity (Wildman–Crippen MR) is 160 cm³/mol. The number of pyridine rings is 1.